The highest BCUT2D eigenvalue weighted by Crippen LogP contribution is 2.28. The highest BCUT2D eigenvalue weighted by molar-refractivity contribution is 5.73. The van der Waals surface area contributed by atoms with Crippen LogP contribution in [0, 0.1) is 17.8 Å². The van der Waals surface area contributed by atoms with Crippen LogP contribution in [0.5, 0.6) is 0 Å². The van der Waals surface area contributed by atoms with Gasteiger partial charge >= 0.3 is 5.97 Å². The molecule has 19 heavy (non-hydrogen) atoms. The zero-order valence-electron chi connectivity index (χ0n) is 12.8. The SMILES string of the molecule is CC(C)CC(NCC(C)CC1CCCCC1)C(=O)O. The zero-order chi connectivity index (χ0) is 14.3. The third kappa shape index (κ3) is 6.95. The highest BCUT2D eigenvalue weighted by Gasteiger charge is 2.21. The molecule has 0 radical (unpaired) electrons. The van der Waals surface area contributed by atoms with Gasteiger partial charge in [-0.1, -0.05) is 52.9 Å². The third-order valence-corrected chi connectivity index (χ3v) is 4.18. The van der Waals surface area contributed by atoms with E-state index in [-0.39, 0.29) is 6.04 Å². The van der Waals surface area contributed by atoms with Gasteiger partial charge in [-0.15, -0.1) is 0 Å². The molecule has 2 unspecified atom stereocenters. The molecule has 0 spiro atoms. The molecular weight excluding hydrogens is 238 g/mol. The molecule has 1 rings (SSSR count). The third-order valence-electron chi connectivity index (χ3n) is 4.18. The largest absolute Gasteiger partial charge is 0.480 e. The first-order chi connectivity index (χ1) is 8.99. The molecular formula is C16H31NO2. The van der Waals surface area contributed by atoms with Gasteiger partial charge in [-0.3, -0.25) is 4.79 Å². The van der Waals surface area contributed by atoms with E-state index in [9.17, 15) is 9.90 Å². The van der Waals surface area contributed by atoms with E-state index in [1.54, 1.807) is 0 Å². The number of carbonyl (C=O) groups is 1. The van der Waals surface area contributed by atoms with Crippen LogP contribution in [0.15, 0.2) is 0 Å². The lowest BCUT2D eigenvalue weighted by atomic mass is 9.83. The van der Waals surface area contributed by atoms with Gasteiger partial charge < -0.3 is 10.4 Å². The van der Waals surface area contributed by atoms with Gasteiger partial charge in [0.15, 0.2) is 0 Å². The predicted molar refractivity (Wildman–Crippen MR) is 79.2 cm³/mol. The van der Waals surface area contributed by atoms with Crippen molar-refractivity contribution in [2.45, 2.75) is 71.8 Å². The number of rotatable bonds is 8. The molecule has 3 nitrogen and oxygen atoms in total. The summed E-state index contributed by atoms with van der Waals surface area (Å²) in [7, 11) is 0. The number of carboxylic acids is 1. The quantitative estimate of drug-likeness (QED) is 0.706. The Kier molecular flexibility index (Phi) is 7.44. The van der Waals surface area contributed by atoms with Crippen molar-refractivity contribution < 1.29 is 9.90 Å². The van der Waals surface area contributed by atoms with Crippen molar-refractivity contribution in [3.8, 4) is 0 Å². The van der Waals surface area contributed by atoms with Gasteiger partial charge in [0.05, 0.1) is 0 Å². The van der Waals surface area contributed by atoms with Crippen molar-refractivity contribution in [2.24, 2.45) is 17.8 Å². The molecule has 2 atom stereocenters. The van der Waals surface area contributed by atoms with Gasteiger partial charge in [0.1, 0.15) is 6.04 Å². The van der Waals surface area contributed by atoms with Crippen LogP contribution in [0.3, 0.4) is 0 Å². The minimum atomic E-state index is -0.710. The van der Waals surface area contributed by atoms with Gasteiger partial charge in [0, 0.05) is 0 Å². The maximum Gasteiger partial charge on any atom is 0.320 e. The maximum atomic E-state index is 11.2. The van der Waals surface area contributed by atoms with Gasteiger partial charge in [-0.25, -0.2) is 0 Å². The van der Waals surface area contributed by atoms with Crippen molar-refractivity contribution in [1.82, 2.24) is 5.32 Å². The number of nitrogens with one attached hydrogen (secondary N) is 1. The summed E-state index contributed by atoms with van der Waals surface area (Å²) in [6.07, 6.45) is 8.88. The molecule has 1 aliphatic carbocycles. The standard InChI is InChI=1S/C16H31NO2/c1-12(2)9-15(16(18)19)17-11-13(3)10-14-7-5-4-6-8-14/h12-15,17H,4-11H2,1-3H3,(H,18,19). The van der Waals surface area contributed by atoms with Gasteiger partial charge in [0.25, 0.3) is 0 Å². The Morgan fingerprint density at radius 2 is 1.84 bits per heavy atom. The molecule has 3 heteroatoms. The lowest BCUT2D eigenvalue weighted by Crippen LogP contribution is -2.40. The molecule has 2 N–H and O–H groups in total. The van der Waals surface area contributed by atoms with Gasteiger partial charge in [0.2, 0.25) is 0 Å². The Labute approximate surface area is 118 Å². The molecule has 1 fully saturated rings. The summed E-state index contributed by atoms with van der Waals surface area (Å²) in [6.45, 7) is 7.22. The van der Waals surface area contributed by atoms with Crippen molar-refractivity contribution in [2.75, 3.05) is 6.54 Å². The fourth-order valence-electron chi connectivity index (χ4n) is 3.16. The minimum Gasteiger partial charge on any atom is -0.480 e. The summed E-state index contributed by atoms with van der Waals surface area (Å²) in [4.78, 5) is 11.2. The normalized spacial score (nSPS) is 20.4. The lowest BCUT2D eigenvalue weighted by Gasteiger charge is -2.26. The molecule has 1 saturated carbocycles. The summed E-state index contributed by atoms with van der Waals surface area (Å²) in [5.74, 6) is 1.16. The Hall–Kier alpha value is -0.570. The number of carboxylic acid groups (broad SMARTS) is 1. The molecule has 0 amide bonds. The van der Waals surface area contributed by atoms with E-state index in [1.807, 2.05) is 0 Å². The monoisotopic (exact) mass is 269 g/mol. The number of hydrogen-bond donors (Lipinski definition) is 2. The van der Waals surface area contributed by atoms with Crippen LogP contribution >= 0.6 is 0 Å². The zero-order valence-corrected chi connectivity index (χ0v) is 12.8. The van der Waals surface area contributed by atoms with E-state index in [0.29, 0.717) is 18.3 Å². The number of hydrogen-bond acceptors (Lipinski definition) is 2. The van der Waals surface area contributed by atoms with E-state index in [2.05, 4.69) is 26.1 Å². The molecule has 0 saturated heterocycles. The second-order valence-corrected chi connectivity index (χ2v) is 6.77. The second kappa shape index (κ2) is 8.57. The summed E-state index contributed by atoms with van der Waals surface area (Å²) >= 11 is 0. The smallest absolute Gasteiger partial charge is 0.320 e. The predicted octanol–water partition coefficient (Wildman–Crippen LogP) is 3.68. The van der Waals surface area contributed by atoms with Crippen LogP contribution in [0.2, 0.25) is 0 Å². The van der Waals surface area contributed by atoms with Crippen LogP contribution in [-0.4, -0.2) is 23.7 Å². The Bertz CT molecular complexity index is 259. The molecule has 0 aromatic carbocycles. The van der Waals surface area contributed by atoms with Crippen LogP contribution in [-0.2, 0) is 4.79 Å². The maximum absolute atomic E-state index is 11.2. The second-order valence-electron chi connectivity index (χ2n) is 6.77. The highest BCUT2D eigenvalue weighted by atomic mass is 16.4. The average molecular weight is 269 g/mol. The first-order valence-electron chi connectivity index (χ1n) is 7.95. The Morgan fingerprint density at radius 1 is 1.21 bits per heavy atom. The summed E-state index contributed by atoms with van der Waals surface area (Å²) < 4.78 is 0. The van der Waals surface area contributed by atoms with Crippen molar-refractivity contribution in [1.29, 1.82) is 0 Å². The van der Waals surface area contributed by atoms with Crippen molar-refractivity contribution in [3.05, 3.63) is 0 Å². The van der Waals surface area contributed by atoms with Gasteiger partial charge in [-0.05, 0) is 37.1 Å². The van der Waals surface area contributed by atoms with E-state index >= 15 is 0 Å². The van der Waals surface area contributed by atoms with Crippen LogP contribution in [0.25, 0.3) is 0 Å². The van der Waals surface area contributed by atoms with Crippen LogP contribution in [0.1, 0.15) is 65.7 Å². The van der Waals surface area contributed by atoms with E-state index < -0.39 is 5.97 Å². The Balaban J connectivity index is 2.26. The molecule has 0 bridgehead atoms. The fraction of sp³-hybridized carbons (Fsp3) is 0.938. The first kappa shape index (κ1) is 16.5. The topological polar surface area (TPSA) is 49.3 Å². The molecule has 0 heterocycles. The molecule has 0 aromatic heterocycles. The van der Waals surface area contributed by atoms with E-state index in [4.69, 9.17) is 0 Å². The first-order valence-corrected chi connectivity index (χ1v) is 7.95. The Morgan fingerprint density at radius 3 is 2.37 bits per heavy atom. The average Bonchev–Trinajstić information content (AvgIpc) is 2.35. The summed E-state index contributed by atoms with van der Waals surface area (Å²) in [5.41, 5.74) is 0. The van der Waals surface area contributed by atoms with Crippen LogP contribution < -0.4 is 5.32 Å². The van der Waals surface area contributed by atoms with E-state index in [0.717, 1.165) is 12.5 Å². The molecule has 1 aliphatic rings. The molecule has 112 valence electrons. The van der Waals surface area contributed by atoms with Crippen LogP contribution in [0.4, 0.5) is 0 Å². The van der Waals surface area contributed by atoms with E-state index in [1.165, 1.54) is 38.5 Å². The van der Waals surface area contributed by atoms with Crippen molar-refractivity contribution >= 4 is 5.97 Å². The number of aliphatic carboxylic acids is 1. The minimum absolute atomic E-state index is 0.381. The molecule has 0 aromatic rings. The van der Waals surface area contributed by atoms with Crippen molar-refractivity contribution in [3.63, 3.8) is 0 Å². The van der Waals surface area contributed by atoms with Gasteiger partial charge in [-0.2, -0.15) is 0 Å². The lowest BCUT2D eigenvalue weighted by molar-refractivity contribution is -0.140. The summed E-state index contributed by atoms with van der Waals surface area (Å²) in [6, 6.07) is -0.381. The summed E-state index contributed by atoms with van der Waals surface area (Å²) in [5, 5.41) is 12.4. The fourth-order valence-corrected chi connectivity index (χ4v) is 3.16. The molecule has 0 aliphatic heterocycles.